The first-order valence-corrected chi connectivity index (χ1v) is 12.9. The summed E-state index contributed by atoms with van der Waals surface area (Å²) >= 11 is 1.10. The van der Waals surface area contributed by atoms with E-state index < -0.39 is 104 Å². The van der Waals surface area contributed by atoms with Gasteiger partial charge >= 0.3 is 201 Å². The van der Waals surface area contributed by atoms with Crippen LogP contribution in [0.4, 0.5) is 0 Å². The third kappa shape index (κ3) is 6.07. The van der Waals surface area contributed by atoms with Crippen LogP contribution in [-0.2, 0) is 47.6 Å². The number of aliphatic hydroxyl groups excluding tert-OH is 8. The number of hydrogen-bond acceptors (Lipinski definition) is 14. The zero-order valence-corrected chi connectivity index (χ0v) is 21.9. The van der Waals surface area contributed by atoms with E-state index in [9.17, 15) is 40.9 Å². The van der Waals surface area contributed by atoms with Gasteiger partial charge in [0.1, 0.15) is 0 Å². The van der Waals surface area contributed by atoms with Crippen molar-refractivity contribution in [2.45, 2.75) is 104 Å². The second-order valence-corrected chi connectivity index (χ2v) is 10.5. The van der Waals surface area contributed by atoms with Crippen LogP contribution in [0.15, 0.2) is 0 Å². The van der Waals surface area contributed by atoms with E-state index in [1.165, 1.54) is 7.11 Å². The average molecular weight is 686 g/mol. The Morgan fingerprint density at radius 2 is 1.09 bits per heavy atom. The minimum absolute atomic E-state index is 0.385. The van der Waals surface area contributed by atoms with Crippen LogP contribution in [0.2, 0.25) is 4.39 Å². The summed E-state index contributed by atoms with van der Waals surface area (Å²) in [5, 5.41) is 82.2. The van der Waals surface area contributed by atoms with E-state index in [2.05, 4.69) is 0 Å². The van der Waals surface area contributed by atoms with Crippen molar-refractivity contribution in [1.29, 1.82) is 0 Å². The molecule has 15 atom stereocenters. The van der Waals surface area contributed by atoms with Gasteiger partial charge in [-0.15, -0.1) is 0 Å². The molecule has 3 aliphatic rings. The summed E-state index contributed by atoms with van der Waals surface area (Å²) in [7, 11) is 1.24. The van der Waals surface area contributed by atoms with Gasteiger partial charge in [0.2, 0.25) is 0 Å². The van der Waals surface area contributed by atoms with Crippen LogP contribution in [0.3, 0.4) is 0 Å². The molecule has 8 N–H and O–H groups in total. The summed E-state index contributed by atoms with van der Waals surface area (Å²) in [5.41, 5.74) is 0. The van der Waals surface area contributed by atoms with E-state index >= 15 is 0 Å². The number of methoxy groups -OCH3 is 1. The van der Waals surface area contributed by atoms with E-state index in [1.54, 1.807) is 6.92 Å². The molecule has 0 saturated carbocycles. The van der Waals surface area contributed by atoms with Crippen molar-refractivity contribution in [2.75, 3.05) is 20.3 Å². The fraction of sp³-hybridized carbons (Fsp3) is 1.00. The molecule has 3 aliphatic heterocycles. The molecule has 14 nitrogen and oxygen atoms in total. The van der Waals surface area contributed by atoms with Crippen LogP contribution >= 0.6 is 0 Å². The molecular weight excluding hydrogens is 650 g/mol. The molecule has 0 radical (unpaired) electrons. The molecule has 0 aromatic carbocycles. The summed E-state index contributed by atoms with van der Waals surface area (Å²) in [5.74, 6) is 0. The third-order valence-electron chi connectivity index (χ3n) is 6.48. The van der Waals surface area contributed by atoms with E-state index in [0.29, 0.717) is 6.42 Å². The topological polar surface area (TPSA) is 217 Å². The molecule has 15 heteroatoms. The van der Waals surface area contributed by atoms with Gasteiger partial charge in [-0.3, -0.25) is 0 Å². The van der Waals surface area contributed by atoms with E-state index in [1.807, 2.05) is 0 Å². The molecule has 0 aliphatic carbocycles. The first-order chi connectivity index (χ1) is 16.6. The van der Waals surface area contributed by atoms with Crippen LogP contribution in [0.25, 0.3) is 0 Å². The second kappa shape index (κ2) is 12.8. The summed E-state index contributed by atoms with van der Waals surface area (Å²) in [6.07, 6.45) is -18.1. The van der Waals surface area contributed by atoms with Crippen molar-refractivity contribution in [2.24, 2.45) is 0 Å². The minimum atomic E-state index is -1.74. The Hall–Kier alpha value is 0.102. The van der Waals surface area contributed by atoms with Gasteiger partial charge in [0.25, 0.3) is 0 Å². The first-order valence-electron chi connectivity index (χ1n) is 11.3. The van der Waals surface area contributed by atoms with Gasteiger partial charge in [-0.05, 0) is 0 Å². The molecule has 206 valence electrons. The van der Waals surface area contributed by atoms with Crippen LogP contribution in [-0.4, -0.2) is 147 Å². The zero-order valence-electron chi connectivity index (χ0n) is 19.2. The molecule has 0 aromatic rings. The quantitative estimate of drug-likeness (QED) is 0.121. The van der Waals surface area contributed by atoms with Gasteiger partial charge in [-0.1, -0.05) is 0 Å². The maximum atomic E-state index is 10.8. The van der Waals surface area contributed by atoms with Gasteiger partial charge in [0.15, 0.2) is 0 Å². The molecule has 0 unspecified atom stereocenters. The molecule has 0 bridgehead atoms. The molecule has 3 heterocycles. The first kappa shape index (κ1) is 29.7. The second-order valence-electron chi connectivity index (χ2n) is 8.73. The molecule has 3 fully saturated rings. The van der Waals surface area contributed by atoms with Crippen LogP contribution < -0.4 is 0 Å². The predicted molar refractivity (Wildman–Crippen MR) is 107 cm³/mol. The number of aliphatic hydroxyl groups is 8. The summed E-state index contributed by atoms with van der Waals surface area (Å²) in [6.45, 7) is 0.470. The summed E-state index contributed by atoms with van der Waals surface area (Å²) < 4.78 is 32.4. The predicted octanol–water partition coefficient (Wildman–Crippen LogP) is -4.53. The van der Waals surface area contributed by atoms with Gasteiger partial charge in [0, 0.05) is 7.11 Å². The number of rotatable bonds is 8. The molecule has 0 amide bonds. The van der Waals surface area contributed by atoms with Gasteiger partial charge in [-0.25, -0.2) is 0 Å². The maximum absolute atomic E-state index is 10.8. The van der Waals surface area contributed by atoms with Crippen LogP contribution in [0, 0.1) is 0 Å². The monoisotopic (exact) mass is 686 g/mol. The fourth-order valence-electron chi connectivity index (χ4n) is 4.40. The van der Waals surface area contributed by atoms with E-state index in [-0.39, 0.29) is 0 Å². The Morgan fingerprint density at radius 3 is 1.57 bits per heavy atom. The molecule has 3 rings (SSSR count). The fourth-order valence-corrected chi connectivity index (χ4v) is 5.36. The Labute approximate surface area is 212 Å². The molecule has 3 saturated heterocycles. The Morgan fingerprint density at radius 1 is 0.629 bits per heavy atom. The van der Waals surface area contributed by atoms with Crippen molar-refractivity contribution in [1.82, 2.24) is 0 Å². The van der Waals surface area contributed by atoms with Crippen molar-refractivity contribution in [3.63, 3.8) is 0 Å². The summed E-state index contributed by atoms with van der Waals surface area (Å²) in [6, 6.07) is 0. The van der Waals surface area contributed by atoms with Gasteiger partial charge in [-0.2, -0.15) is 0 Å². The number of hydrogen-bond donors (Lipinski definition) is 8. The zero-order chi connectivity index (χ0) is 26.0. The summed E-state index contributed by atoms with van der Waals surface area (Å²) in [4.78, 5) is 0. The van der Waals surface area contributed by atoms with Crippen molar-refractivity contribution in [3.8, 4) is 0 Å². The van der Waals surface area contributed by atoms with Crippen molar-refractivity contribution in [3.05, 3.63) is 0 Å². The van der Waals surface area contributed by atoms with Crippen LogP contribution in [0.1, 0.15) is 13.3 Å². The standard InChI is InChI=1S/C20H35O14.Re/c1-3-8-12(24)7(23)4-11(30-8)33-17-9(5-21)32-20(16(28)14(17)26)34-18-10(6-22)31-19(29-2)15(27)13(18)25;/h4,7-28H,3,5-6H2,1-2H3;/t7-,8-,9-,10-,11+,12-,13-,14-,15-,16-,17-,18-,19-,20+;/m1./s1. The van der Waals surface area contributed by atoms with Gasteiger partial charge < -0.3 is 4.74 Å². The van der Waals surface area contributed by atoms with Crippen LogP contribution in [0.5, 0.6) is 0 Å². The van der Waals surface area contributed by atoms with E-state index in [4.69, 9.17) is 28.4 Å². The normalized spacial score (nSPS) is 51.3. The SMILES string of the molecule is CC[C@H]1O[C@@H](O[C@H]2[C@H](O)[C@@H](O)[C@H](O[C@H]3[C@H](O)[C@@H](O)[C@H](OC)O[C@@H]3CO)O[C@@H]2CO)[C@H]([Re])[C@@H](O)[C@H]1O. The molecular formula is C20H35O14Re. The molecule has 35 heavy (non-hydrogen) atoms. The Balaban J connectivity index is 1.72. The number of ether oxygens (including phenoxy) is 6. The van der Waals surface area contributed by atoms with E-state index in [0.717, 1.165) is 19.2 Å². The molecule has 0 aromatic heterocycles. The average Bonchev–Trinajstić information content (AvgIpc) is 2.86. The van der Waals surface area contributed by atoms with Crippen molar-refractivity contribution < 1.29 is 88.5 Å². The Bertz CT molecular complexity index is 655. The molecule has 0 spiro atoms. The van der Waals surface area contributed by atoms with Gasteiger partial charge in [0.05, 0.1) is 0 Å². The van der Waals surface area contributed by atoms with Crippen molar-refractivity contribution >= 4 is 0 Å². The Kier molecular flexibility index (Phi) is 10.8. The third-order valence-corrected chi connectivity index (χ3v) is 8.15.